The van der Waals surface area contributed by atoms with Crippen LogP contribution < -0.4 is 14.4 Å². The van der Waals surface area contributed by atoms with Crippen LogP contribution in [0.3, 0.4) is 0 Å². The van der Waals surface area contributed by atoms with Crippen molar-refractivity contribution in [1.82, 2.24) is 14.4 Å². The average molecular weight is 721 g/mol. The van der Waals surface area contributed by atoms with Crippen LogP contribution in [0, 0.1) is 13.8 Å². The molecular weight excluding hydrogens is 680 g/mol. The molecule has 4 heterocycles. The van der Waals surface area contributed by atoms with Crippen molar-refractivity contribution in [2.45, 2.75) is 32.9 Å². The summed E-state index contributed by atoms with van der Waals surface area (Å²) in [7, 11) is 0. The predicted molar refractivity (Wildman–Crippen MR) is 201 cm³/mol. The quantitative estimate of drug-likeness (QED) is 0.197. The number of fused-ring (bicyclic) bond motifs is 2. The number of anilines is 2. The summed E-state index contributed by atoms with van der Waals surface area (Å²) >= 11 is 0. The standard InChI is InChI=1S/C41H40N4O6.ClH/c1-27-7-9-32(10-8-27)45(33-11-13-35(46)14-12-33)40(47)31-19-28(2)43(24-31)37-22-39-38(50-26-51-39)21-36(37)41(48)44-23-30-6-4-3-5-29(30)20-34(44)25-42-15-17-49-18-16-42;/h3-14,19,21-22,24,34,46H,15-18,20,23,25-26H2,1-2H3;1H/t34-;/m0./s1. The normalized spacial score (nSPS) is 16.6. The molecule has 0 radical (unpaired) electrons. The highest BCUT2D eigenvalue weighted by molar-refractivity contribution is 6.11. The predicted octanol–water partition coefficient (Wildman–Crippen LogP) is 6.83. The van der Waals surface area contributed by atoms with Crippen molar-refractivity contribution >= 4 is 35.6 Å². The number of hydrogen-bond donors (Lipinski definition) is 1. The van der Waals surface area contributed by atoms with Gasteiger partial charge in [-0.15, -0.1) is 12.4 Å². The van der Waals surface area contributed by atoms with Crippen molar-refractivity contribution in [2.24, 2.45) is 0 Å². The Kier molecular flexibility index (Phi) is 9.96. The Morgan fingerprint density at radius 1 is 0.846 bits per heavy atom. The monoisotopic (exact) mass is 720 g/mol. The third-order valence-electron chi connectivity index (χ3n) is 10.0. The summed E-state index contributed by atoms with van der Waals surface area (Å²) in [6.45, 7) is 8.26. The van der Waals surface area contributed by atoms with E-state index in [1.165, 1.54) is 5.56 Å². The van der Waals surface area contributed by atoms with E-state index in [1.807, 2.05) is 65.8 Å². The first-order chi connectivity index (χ1) is 24.8. The van der Waals surface area contributed by atoms with Gasteiger partial charge in [0.1, 0.15) is 5.75 Å². The second-order valence-electron chi connectivity index (χ2n) is 13.4. The van der Waals surface area contributed by atoms with Crippen molar-refractivity contribution in [1.29, 1.82) is 0 Å². The lowest BCUT2D eigenvalue weighted by Gasteiger charge is -2.40. The molecule has 8 rings (SSSR count). The van der Waals surface area contributed by atoms with Crippen molar-refractivity contribution in [3.05, 3.63) is 131 Å². The zero-order chi connectivity index (χ0) is 35.1. The number of morpholine rings is 1. The largest absolute Gasteiger partial charge is 0.508 e. The molecule has 1 atom stereocenters. The number of carbonyl (C=O) groups is 2. The number of halogens is 1. The number of phenols is 1. The number of amides is 2. The number of hydrogen-bond acceptors (Lipinski definition) is 7. The molecule has 1 fully saturated rings. The van der Waals surface area contributed by atoms with Gasteiger partial charge in [-0.1, -0.05) is 42.0 Å². The van der Waals surface area contributed by atoms with Crippen LogP contribution in [0.25, 0.3) is 5.69 Å². The first kappa shape index (κ1) is 35.1. The summed E-state index contributed by atoms with van der Waals surface area (Å²) < 4.78 is 19.1. The molecule has 1 saturated heterocycles. The third kappa shape index (κ3) is 6.85. The van der Waals surface area contributed by atoms with Crippen LogP contribution in [0.15, 0.2) is 97.2 Å². The first-order valence-corrected chi connectivity index (χ1v) is 17.3. The Morgan fingerprint density at radius 3 is 2.21 bits per heavy atom. The number of rotatable bonds is 7. The molecule has 268 valence electrons. The number of phenolic OH excluding ortho intramolecular Hbond substituents is 1. The minimum Gasteiger partial charge on any atom is -0.508 e. The van der Waals surface area contributed by atoms with Crippen LogP contribution in [0.4, 0.5) is 11.4 Å². The Balaban J connectivity index is 0.00000420. The molecule has 2 amide bonds. The molecule has 52 heavy (non-hydrogen) atoms. The SMILES string of the molecule is Cc1ccc(N(C(=O)c2cc(C)n(-c3cc4c(cc3C(=O)N3Cc5ccccc5C[C@H]3CN3CCOCC3)OCO4)c2)c2ccc(O)cc2)cc1.Cl. The number of nitrogens with zero attached hydrogens (tertiary/aromatic N) is 4. The van der Waals surface area contributed by atoms with E-state index in [0.717, 1.165) is 42.9 Å². The minimum absolute atomic E-state index is 0. The van der Waals surface area contributed by atoms with Crippen LogP contribution in [-0.2, 0) is 17.7 Å². The van der Waals surface area contributed by atoms with E-state index in [2.05, 4.69) is 23.1 Å². The van der Waals surface area contributed by atoms with E-state index < -0.39 is 0 Å². The van der Waals surface area contributed by atoms with E-state index in [0.29, 0.717) is 59.4 Å². The maximum absolute atomic E-state index is 14.9. The van der Waals surface area contributed by atoms with E-state index in [9.17, 15) is 14.7 Å². The van der Waals surface area contributed by atoms with Gasteiger partial charge in [-0.3, -0.25) is 19.4 Å². The zero-order valence-corrected chi connectivity index (χ0v) is 30.0. The number of aromatic nitrogens is 1. The van der Waals surface area contributed by atoms with Gasteiger partial charge in [-0.25, -0.2) is 0 Å². The molecule has 4 aromatic carbocycles. The third-order valence-corrected chi connectivity index (χ3v) is 10.0. The van der Waals surface area contributed by atoms with Gasteiger partial charge in [0.05, 0.1) is 30.0 Å². The van der Waals surface area contributed by atoms with E-state index in [-0.39, 0.29) is 42.8 Å². The van der Waals surface area contributed by atoms with Gasteiger partial charge >= 0.3 is 0 Å². The molecule has 0 bridgehead atoms. The highest BCUT2D eigenvalue weighted by Crippen LogP contribution is 2.39. The van der Waals surface area contributed by atoms with Crippen molar-refractivity contribution < 1.29 is 28.9 Å². The minimum atomic E-state index is -0.252. The van der Waals surface area contributed by atoms with Gasteiger partial charge in [-0.2, -0.15) is 0 Å². The van der Waals surface area contributed by atoms with Crippen LogP contribution in [-0.4, -0.2) is 77.0 Å². The molecule has 3 aliphatic rings. The molecule has 11 heteroatoms. The number of aromatic hydroxyl groups is 1. The van der Waals surface area contributed by atoms with Gasteiger partial charge in [-0.05, 0) is 79.9 Å². The molecule has 0 unspecified atom stereocenters. The lowest BCUT2D eigenvalue weighted by atomic mass is 9.92. The molecule has 1 N–H and O–H groups in total. The molecule has 1 aromatic heterocycles. The Hall–Kier alpha value is -5.29. The molecule has 10 nitrogen and oxygen atoms in total. The summed E-state index contributed by atoms with van der Waals surface area (Å²) in [5.41, 5.74) is 7.07. The molecule has 0 aliphatic carbocycles. The topological polar surface area (TPSA) is 96.7 Å². The number of carbonyl (C=O) groups excluding carboxylic acids is 2. The zero-order valence-electron chi connectivity index (χ0n) is 29.2. The fourth-order valence-electron chi connectivity index (χ4n) is 7.28. The summed E-state index contributed by atoms with van der Waals surface area (Å²) in [6, 6.07) is 28.1. The Bertz CT molecular complexity index is 2050. The van der Waals surface area contributed by atoms with Gasteiger partial charge in [0.25, 0.3) is 11.8 Å². The summed E-state index contributed by atoms with van der Waals surface area (Å²) in [5.74, 6) is 0.812. The Morgan fingerprint density at radius 2 is 1.50 bits per heavy atom. The lowest BCUT2D eigenvalue weighted by molar-refractivity contribution is 0.0192. The summed E-state index contributed by atoms with van der Waals surface area (Å²) in [5, 5.41) is 9.98. The smallest absolute Gasteiger partial charge is 0.264 e. The highest BCUT2D eigenvalue weighted by Gasteiger charge is 2.35. The van der Waals surface area contributed by atoms with Crippen LogP contribution in [0.2, 0.25) is 0 Å². The molecule has 0 saturated carbocycles. The average Bonchev–Trinajstić information content (AvgIpc) is 3.78. The van der Waals surface area contributed by atoms with Gasteiger partial charge in [0.2, 0.25) is 6.79 Å². The summed E-state index contributed by atoms with van der Waals surface area (Å²) in [4.78, 5) is 35.4. The maximum Gasteiger partial charge on any atom is 0.264 e. The molecule has 0 spiro atoms. The van der Waals surface area contributed by atoms with Gasteiger partial charge in [0.15, 0.2) is 11.5 Å². The van der Waals surface area contributed by atoms with E-state index in [4.69, 9.17) is 14.2 Å². The lowest BCUT2D eigenvalue weighted by Crippen LogP contribution is -2.52. The molecular formula is C41H41ClN4O6. The van der Waals surface area contributed by atoms with Crippen molar-refractivity contribution in [2.75, 3.05) is 44.5 Å². The van der Waals surface area contributed by atoms with E-state index in [1.54, 1.807) is 41.4 Å². The second-order valence-corrected chi connectivity index (χ2v) is 13.4. The fraction of sp³-hybridized carbons (Fsp3) is 0.268. The van der Waals surface area contributed by atoms with Crippen LogP contribution >= 0.6 is 12.4 Å². The van der Waals surface area contributed by atoms with Crippen molar-refractivity contribution in [3.8, 4) is 22.9 Å². The number of aryl methyl sites for hydroxylation is 2. The summed E-state index contributed by atoms with van der Waals surface area (Å²) in [6.07, 6.45) is 2.54. The Labute approximate surface area is 309 Å². The highest BCUT2D eigenvalue weighted by atomic mass is 35.5. The second kappa shape index (κ2) is 14.7. The maximum atomic E-state index is 14.9. The van der Waals surface area contributed by atoms with Crippen molar-refractivity contribution in [3.63, 3.8) is 0 Å². The van der Waals surface area contributed by atoms with Gasteiger partial charge in [0, 0.05) is 61.6 Å². The fourth-order valence-corrected chi connectivity index (χ4v) is 7.28. The van der Waals surface area contributed by atoms with Gasteiger partial charge < -0.3 is 28.8 Å². The molecule has 5 aromatic rings. The first-order valence-electron chi connectivity index (χ1n) is 17.3. The number of benzene rings is 4. The number of ether oxygens (including phenoxy) is 3. The molecule has 3 aliphatic heterocycles. The van der Waals surface area contributed by atoms with Crippen LogP contribution in [0.5, 0.6) is 17.2 Å². The van der Waals surface area contributed by atoms with E-state index >= 15 is 0 Å². The van der Waals surface area contributed by atoms with Crippen LogP contribution in [0.1, 0.15) is 43.1 Å².